The molecule has 0 aromatic heterocycles. The molecule has 1 unspecified atom stereocenters. The summed E-state index contributed by atoms with van der Waals surface area (Å²) in [6.07, 6.45) is 0.313. The third-order valence-corrected chi connectivity index (χ3v) is 4.25. The number of nitrogens with zero attached hydrogens (tertiary/aromatic N) is 1. The molecule has 1 fully saturated rings. The Morgan fingerprint density at radius 1 is 1.23 bits per heavy atom. The zero-order valence-corrected chi connectivity index (χ0v) is 14.7. The van der Waals surface area contributed by atoms with Crippen LogP contribution in [-0.4, -0.2) is 38.3 Å². The molecular formula is C20H22N2O4. The number of anilines is 1. The molecule has 0 saturated carbocycles. The summed E-state index contributed by atoms with van der Waals surface area (Å²) < 4.78 is 10.5. The average molecular weight is 354 g/mol. The van der Waals surface area contributed by atoms with Crippen LogP contribution in [0, 0.1) is 0 Å². The summed E-state index contributed by atoms with van der Waals surface area (Å²) >= 11 is 0. The van der Waals surface area contributed by atoms with Crippen molar-refractivity contribution in [1.29, 1.82) is 0 Å². The molecule has 1 aliphatic rings. The standard InChI is InChI=1S/C20H22N2O4/c1-25-17-9-5-8-16(12-17)22-14-18(26-20(22)24)13-21-19(23)11-10-15-6-3-2-4-7-15/h2-9,12,18H,10-11,13-14H2,1H3,(H,21,23). The molecule has 3 rings (SSSR count). The second-order valence-corrected chi connectivity index (χ2v) is 6.11. The lowest BCUT2D eigenvalue weighted by Gasteiger charge is -2.14. The molecule has 1 heterocycles. The van der Waals surface area contributed by atoms with Crippen LogP contribution in [0.4, 0.5) is 10.5 Å². The van der Waals surface area contributed by atoms with E-state index >= 15 is 0 Å². The minimum Gasteiger partial charge on any atom is -0.497 e. The van der Waals surface area contributed by atoms with Crippen LogP contribution in [0.2, 0.25) is 0 Å². The molecular weight excluding hydrogens is 332 g/mol. The van der Waals surface area contributed by atoms with Gasteiger partial charge < -0.3 is 14.8 Å². The quantitative estimate of drug-likeness (QED) is 0.830. The summed E-state index contributed by atoms with van der Waals surface area (Å²) in [5.74, 6) is 0.623. The number of benzene rings is 2. The van der Waals surface area contributed by atoms with Crippen LogP contribution >= 0.6 is 0 Å². The van der Waals surface area contributed by atoms with Gasteiger partial charge in [-0.1, -0.05) is 36.4 Å². The van der Waals surface area contributed by atoms with Crippen LogP contribution < -0.4 is 15.0 Å². The lowest BCUT2D eigenvalue weighted by Crippen LogP contribution is -2.34. The Labute approximate surface area is 152 Å². The van der Waals surface area contributed by atoms with E-state index in [1.54, 1.807) is 18.1 Å². The molecule has 2 aromatic rings. The van der Waals surface area contributed by atoms with E-state index in [0.717, 1.165) is 5.56 Å². The van der Waals surface area contributed by atoms with E-state index < -0.39 is 6.09 Å². The van der Waals surface area contributed by atoms with Gasteiger partial charge in [-0.05, 0) is 24.1 Å². The van der Waals surface area contributed by atoms with Gasteiger partial charge in [0.2, 0.25) is 5.91 Å². The highest BCUT2D eigenvalue weighted by Crippen LogP contribution is 2.25. The highest BCUT2D eigenvalue weighted by Gasteiger charge is 2.32. The van der Waals surface area contributed by atoms with Crippen LogP contribution in [0.1, 0.15) is 12.0 Å². The Kier molecular flexibility index (Phi) is 5.73. The molecule has 2 amide bonds. The summed E-state index contributed by atoms with van der Waals surface area (Å²) in [7, 11) is 1.58. The van der Waals surface area contributed by atoms with Crippen molar-refractivity contribution in [2.45, 2.75) is 18.9 Å². The number of amides is 2. The molecule has 1 aliphatic heterocycles. The number of carbonyl (C=O) groups is 2. The molecule has 0 bridgehead atoms. The monoisotopic (exact) mass is 354 g/mol. The molecule has 6 heteroatoms. The third kappa shape index (κ3) is 4.53. The first-order valence-corrected chi connectivity index (χ1v) is 8.58. The molecule has 1 atom stereocenters. The van der Waals surface area contributed by atoms with E-state index in [4.69, 9.17) is 9.47 Å². The van der Waals surface area contributed by atoms with Gasteiger partial charge in [0.1, 0.15) is 11.9 Å². The van der Waals surface area contributed by atoms with Crippen LogP contribution in [-0.2, 0) is 16.0 Å². The zero-order chi connectivity index (χ0) is 18.4. The Morgan fingerprint density at radius 2 is 2.04 bits per heavy atom. The minimum absolute atomic E-state index is 0.0512. The fourth-order valence-corrected chi connectivity index (χ4v) is 2.84. The van der Waals surface area contributed by atoms with Crippen LogP contribution in [0.25, 0.3) is 0 Å². The Hall–Kier alpha value is -3.02. The van der Waals surface area contributed by atoms with Crippen molar-refractivity contribution in [3.63, 3.8) is 0 Å². The zero-order valence-electron chi connectivity index (χ0n) is 14.7. The number of ether oxygens (including phenoxy) is 2. The first-order chi connectivity index (χ1) is 12.7. The maximum absolute atomic E-state index is 12.1. The number of cyclic esters (lactones) is 1. The van der Waals surface area contributed by atoms with Gasteiger partial charge >= 0.3 is 6.09 Å². The molecule has 6 nitrogen and oxygen atoms in total. The summed E-state index contributed by atoms with van der Waals surface area (Å²) in [5.41, 5.74) is 1.84. The second-order valence-electron chi connectivity index (χ2n) is 6.11. The third-order valence-electron chi connectivity index (χ3n) is 4.25. The SMILES string of the molecule is COc1cccc(N2CC(CNC(=O)CCc3ccccc3)OC2=O)c1. The number of nitrogens with one attached hydrogen (secondary N) is 1. The van der Waals surface area contributed by atoms with Gasteiger partial charge in [-0.3, -0.25) is 9.69 Å². The predicted molar refractivity (Wildman–Crippen MR) is 98.4 cm³/mol. The van der Waals surface area contributed by atoms with Gasteiger partial charge in [0.25, 0.3) is 0 Å². The Bertz CT molecular complexity index is 763. The highest BCUT2D eigenvalue weighted by atomic mass is 16.6. The molecule has 2 aromatic carbocycles. The van der Waals surface area contributed by atoms with Gasteiger partial charge in [0, 0.05) is 12.5 Å². The van der Waals surface area contributed by atoms with Crippen LogP contribution in [0.15, 0.2) is 54.6 Å². The van der Waals surface area contributed by atoms with Crippen LogP contribution in [0.3, 0.4) is 0 Å². The fourth-order valence-electron chi connectivity index (χ4n) is 2.84. The van der Waals surface area contributed by atoms with E-state index in [2.05, 4.69) is 5.32 Å². The van der Waals surface area contributed by atoms with Gasteiger partial charge in [0.05, 0.1) is 25.9 Å². The van der Waals surface area contributed by atoms with Crippen molar-refractivity contribution >= 4 is 17.7 Å². The molecule has 0 radical (unpaired) electrons. The summed E-state index contributed by atoms with van der Waals surface area (Å²) in [5, 5.41) is 2.84. The minimum atomic E-state index is -0.415. The molecule has 1 N–H and O–H groups in total. The number of rotatable bonds is 7. The first-order valence-electron chi connectivity index (χ1n) is 8.58. The molecule has 136 valence electrons. The lowest BCUT2D eigenvalue weighted by atomic mass is 10.1. The van der Waals surface area contributed by atoms with E-state index in [1.165, 1.54) is 0 Å². The Balaban J connectivity index is 1.47. The largest absolute Gasteiger partial charge is 0.497 e. The van der Waals surface area contributed by atoms with Crippen LogP contribution in [0.5, 0.6) is 5.75 Å². The van der Waals surface area contributed by atoms with Crippen molar-refractivity contribution in [2.75, 3.05) is 25.1 Å². The van der Waals surface area contributed by atoms with Crippen molar-refractivity contribution in [3.8, 4) is 5.75 Å². The lowest BCUT2D eigenvalue weighted by molar-refractivity contribution is -0.121. The molecule has 1 saturated heterocycles. The van der Waals surface area contributed by atoms with Gasteiger partial charge in [-0.2, -0.15) is 0 Å². The van der Waals surface area contributed by atoms with Crippen molar-refractivity contribution < 1.29 is 19.1 Å². The first kappa shape index (κ1) is 17.8. The highest BCUT2D eigenvalue weighted by molar-refractivity contribution is 5.90. The average Bonchev–Trinajstić information content (AvgIpc) is 3.06. The van der Waals surface area contributed by atoms with E-state index in [1.807, 2.05) is 48.5 Å². The van der Waals surface area contributed by atoms with Gasteiger partial charge in [-0.15, -0.1) is 0 Å². The predicted octanol–water partition coefficient (Wildman–Crippen LogP) is 2.77. The van der Waals surface area contributed by atoms with Gasteiger partial charge in [0.15, 0.2) is 0 Å². The van der Waals surface area contributed by atoms with Crippen molar-refractivity contribution in [2.24, 2.45) is 0 Å². The topological polar surface area (TPSA) is 67.9 Å². The normalized spacial score (nSPS) is 16.3. The van der Waals surface area contributed by atoms with Crippen molar-refractivity contribution in [1.82, 2.24) is 5.32 Å². The van der Waals surface area contributed by atoms with E-state index in [-0.39, 0.29) is 12.0 Å². The fraction of sp³-hybridized carbons (Fsp3) is 0.300. The maximum atomic E-state index is 12.1. The smallest absolute Gasteiger partial charge is 0.414 e. The number of aryl methyl sites for hydroxylation is 1. The van der Waals surface area contributed by atoms with Crippen molar-refractivity contribution in [3.05, 3.63) is 60.2 Å². The maximum Gasteiger partial charge on any atom is 0.414 e. The molecule has 0 aliphatic carbocycles. The summed E-state index contributed by atoms with van der Waals surface area (Å²) in [6.45, 7) is 0.699. The Morgan fingerprint density at radius 3 is 2.81 bits per heavy atom. The number of hydrogen-bond donors (Lipinski definition) is 1. The summed E-state index contributed by atoms with van der Waals surface area (Å²) in [6, 6.07) is 17.1. The number of carbonyl (C=O) groups excluding carboxylic acids is 2. The van der Waals surface area contributed by atoms with E-state index in [0.29, 0.717) is 37.4 Å². The van der Waals surface area contributed by atoms with Gasteiger partial charge in [-0.25, -0.2) is 4.79 Å². The summed E-state index contributed by atoms with van der Waals surface area (Å²) in [4.78, 5) is 25.6. The van der Waals surface area contributed by atoms with E-state index in [9.17, 15) is 9.59 Å². The molecule has 26 heavy (non-hydrogen) atoms. The number of hydrogen-bond acceptors (Lipinski definition) is 4. The second kappa shape index (κ2) is 8.38. The molecule has 0 spiro atoms. The number of methoxy groups -OCH3 is 1.